The van der Waals surface area contributed by atoms with Gasteiger partial charge in [0.25, 0.3) is 10.0 Å². The summed E-state index contributed by atoms with van der Waals surface area (Å²) in [5, 5.41) is 9.02. The Morgan fingerprint density at radius 2 is 2.00 bits per heavy atom. The van der Waals surface area contributed by atoms with Crippen molar-refractivity contribution < 1.29 is 23.1 Å². The van der Waals surface area contributed by atoms with Crippen LogP contribution in [0.5, 0.6) is 5.75 Å². The Kier molecular flexibility index (Phi) is 4.57. The minimum absolute atomic E-state index is 0.0376. The molecule has 0 saturated carbocycles. The summed E-state index contributed by atoms with van der Waals surface area (Å²) < 4.78 is 32.4. The van der Waals surface area contributed by atoms with E-state index < -0.39 is 16.0 Å². The Labute approximate surface area is 133 Å². The molecule has 0 saturated heterocycles. The Morgan fingerprint density at radius 1 is 1.26 bits per heavy atom. The molecule has 118 valence electrons. The summed E-state index contributed by atoms with van der Waals surface area (Å²) in [5.74, 6) is 1.20. The number of carboxylic acid groups (broad SMARTS) is 1. The lowest BCUT2D eigenvalue weighted by molar-refractivity contribution is 0.0696. The fourth-order valence-electron chi connectivity index (χ4n) is 1.90. The summed E-state index contributed by atoms with van der Waals surface area (Å²) in [6, 6.07) is 9.88. The van der Waals surface area contributed by atoms with Crippen LogP contribution in [-0.4, -0.2) is 26.6 Å². The third kappa shape index (κ3) is 3.62. The van der Waals surface area contributed by atoms with Crippen LogP contribution in [0.3, 0.4) is 0 Å². The molecule has 0 unspecified atom stereocenters. The number of aromatic carboxylic acids is 1. The third-order valence-corrected chi connectivity index (χ3v) is 4.38. The van der Waals surface area contributed by atoms with Crippen LogP contribution in [0.15, 0.2) is 47.4 Å². The number of ether oxygens (including phenoxy) is 1. The summed E-state index contributed by atoms with van der Waals surface area (Å²) in [6.07, 6.45) is 5.28. The van der Waals surface area contributed by atoms with E-state index in [1.807, 2.05) is 0 Å². The number of hydrogen-bond donors (Lipinski definition) is 2. The number of carboxylic acids is 1. The van der Waals surface area contributed by atoms with Crippen LogP contribution in [0.1, 0.15) is 15.9 Å². The molecule has 0 atom stereocenters. The van der Waals surface area contributed by atoms with Crippen molar-refractivity contribution in [1.82, 2.24) is 0 Å². The monoisotopic (exact) mass is 331 g/mol. The van der Waals surface area contributed by atoms with Gasteiger partial charge in [0, 0.05) is 5.56 Å². The van der Waals surface area contributed by atoms with E-state index in [1.54, 1.807) is 12.1 Å². The van der Waals surface area contributed by atoms with E-state index in [9.17, 15) is 13.2 Å². The summed E-state index contributed by atoms with van der Waals surface area (Å²) in [7, 11) is -2.74. The molecule has 2 rings (SSSR count). The third-order valence-electron chi connectivity index (χ3n) is 2.98. The van der Waals surface area contributed by atoms with Gasteiger partial charge < -0.3 is 9.84 Å². The fourth-order valence-corrected chi connectivity index (χ4v) is 3.15. The number of nitrogens with one attached hydrogen (secondary N) is 1. The van der Waals surface area contributed by atoms with Crippen LogP contribution >= 0.6 is 0 Å². The zero-order valence-electron chi connectivity index (χ0n) is 12.1. The van der Waals surface area contributed by atoms with Crippen molar-refractivity contribution in [2.24, 2.45) is 0 Å². The molecule has 0 aliphatic heterocycles. The molecule has 0 heterocycles. The molecule has 0 amide bonds. The van der Waals surface area contributed by atoms with Gasteiger partial charge in [0.1, 0.15) is 10.6 Å². The lowest BCUT2D eigenvalue weighted by atomic mass is 10.2. The van der Waals surface area contributed by atoms with E-state index in [2.05, 4.69) is 10.6 Å². The van der Waals surface area contributed by atoms with Crippen molar-refractivity contribution in [1.29, 1.82) is 0 Å². The van der Waals surface area contributed by atoms with E-state index in [4.69, 9.17) is 16.3 Å². The van der Waals surface area contributed by atoms with E-state index in [-0.39, 0.29) is 21.9 Å². The summed E-state index contributed by atoms with van der Waals surface area (Å²) in [6.45, 7) is 0. The Hall–Kier alpha value is -2.98. The maximum absolute atomic E-state index is 12.5. The Morgan fingerprint density at radius 3 is 2.61 bits per heavy atom. The van der Waals surface area contributed by atoms with Gasteiger partial charge in [-0.05, 0) is 36.4 Å². The first-order valence-electron chi connectivity index (χ1n) is 6.38. The van der Waals surface area contributed by atoms with Crippen molar-refractivity contribution in [3.8, 4) is 18.1 Å². The van der Waals surface area contributed by atoms with Gasteiger partial charge >= 0.3 is 5.97 Å². The number of rotatable bonds is 5. The van der Waals surface area contributed by atoms with Crippen LogP contribution in [-0.2, 0) is 10.0 Å². The van der Waals surface area contributed by atoms with E-state index in [1.165, 1.54) is 31.4 Å². The highest BCUT2D eigenvalue weighted by atomic mass is 32.2. The smallest absolute Gasteiger partial charge is 0.335 e. The molecule has 2 aromatic rings. The molecule has 0 spiro atoms. The first-order valence-corrected chi connectivity index (χ1v) is 7.86. The average Bonchev–Trinajstić information content (AvgIpc) is 2.53. The van der Waals surface area contributed by atoms with Crippen molar-refractivity contribution in [3.05, 3.63) is 53.6 Å². The van der Waals surface area contributed by atoms with Crippen molar-refractivity contribution in [2.45, 2.75) is 4.90 Å². The van der Waals surface area contributed by atoms with Crippen LogP contribution in [0.25, 0.3) is 0 Å². The second-order valence-electron chi connectivity index (χ2n) is 4.50. The van der Waals surface area contributed by atoms with Gasteiger partial charge in [-0.2, -0.15) is 0 Å². The van der Waals surface area contributed by atoms with Gasteiger partial charge in [-0.15, -0.1) is 6.42 Å². The molecule has 0 bridgehead atoms. The zero-order valence-corrected chi connectivity index (χ0v) is 12.9. The zero-order chi connectivity index (χ0) is 17.0. The number of benzene rings is 2. The average molecular weight is 331 g/mol. The van der Waals surface area contributed by atoms with Crippen molar-refractivity contribution >= 4 is 21.7 Å². The largest absolute Gasteiger partial charge is 0.495 e. The predicted octanol–water partition coefficient (Wildman–Crippen LogP) is 2.18. The van der Waals surface area contributed by atoms with Gasteiger partial charge in [0.15, 0.2) is 0 Å². The lowest BCUT2D eigenvalue weighted by Crippen LogP contribution is -2.15. The molecular formula is C16H13NO5S. The summed E-state index contributed by atoms with van der Waals surface area (Å²) in [5.41, 5.74) is 0.614. The summed E-state index contributed by atoms with van der Waals surface area (Å²) >= 11 is 0. The topological polar surface area (TPSA) is 92.7 Å². The van der Waals surface area contributed by atoms with E-state index in [0.717, 1.165) is 6.07 Å². The van der Waals surface area contributed by atoms with Gasteiger partial charge in [-0.1, -0.05) is 12.0 Å². The van der Waals surface area contributed by atoms with Crippen LogP contribution in [0.2, 0.25) is 0 Å². The van der Waals surface area contributed by atoms with Crippen LogP contribution < -0.4 is 9.46 Å². The number of carbonyl (C=O) groups is 1. The first kappa shape index (κ1) is 16.4. The number of methoxy groups -OCH3 is 1. The number of anilines is 1. The van der Waals surface area contributed by atoms with E-state index in [0.29, 0.717) is 5.56 Å². The Bertz CT molecular complexity index is 897. The highest BCUT2D eigenvalue weighted by Crippen LogP contribution is 2.27. The molecule has 6 nitrogen and oxygen atoms in total. The second kappa shape index (κ2) is 6.42. The Balaban J connectivity index is 2.48. The molecule has 0 fully saturated rings. The molecule has 0 aliphatic rings. The second-order valence-corrected chi connectivity index (χ2v) is 6.15. The van der Waals surface area contributed by atoms with Gasteiger partial charge in [-0.25, -0.2) is 13.2 Å². The van der Waals surface area contributed by atoms with Crippen molar-refractivity contribution in [2.75, 3.05) is 11.8 Å². The molecule has 23 heavy (non-hydrogen) atoms. The van der Waals surface area contributed by atoms with Crippen molar-refractivity contribution in [3.63, 3.8) is 0 Å². The number of sulfonamides is 1. The minimum Gasteiger partial charge on any atom is -0.495 e. The number of hydrogen-bond acceptors (Lipinski definition) is 4. The summed E-state index contributed by atoms with van der Waals surface area (Å²) in [4.78, 5) is 10.8. The lowest BCUT2D eigenvalue weighted by Gasteiger charge is -2.12. The molecule has 0 aliphatic carbocycles. The molecule has 2 aromatic carbocycles. The standard InChI is InChI=1S/C16H13NO5S/c1-3-11-5-4-6-13(9-11)17-23(20,21)15-10-12(16(18)19)7-8-14(15)22-2/h1,4-10,17H,2H3,(H,18,19). The molecule has 0 aromatic heterocycles. The maximum Gasteiger partial charge on any atom is 0.335 e. The molecular weight excluding hydrogens is 318 g/mol. The van der Waals surface area contributed by atoms with Crippen LogP contribution in [0.4, 0.5) is 5.69 Å². The quantitative estimate of drug-likeness (QED) is 0.819. The van der Waals surface area contributed by atoms with Gasteiger partial charge in [0.2, 0.25) is 0 Å². The van der Waals surface area contributed by atoms with Crippen LogP contribution in [0, 0.1) is 12.3 Å². The normalized spacial score (nSPS) is 10.6. The minimum atomic E-state index is -4.04. The number of terminal acetylenes is 1. The first-order chi connectivity index (χ1) is 10.9. The highest BCUT2D eigenvalue weighted by Gasteiger charge is 2.21. The van der Waals surface area contributed by atoms with Gasteiger partial charge in [-0.3, -0.25) is 4.72 Å². The highest BCUT2D eigenvalue weighted by molar-refractivity contribution is 7.92. The molecule has 2 N–H and O–H groups in total. The molecule has 7 heteroatoms. The SMILES string of the molecule is C#Cc1cccc(NS(=O)(=O)c2cc(C(=O)O)ccc2OC)c1. The fraction of sp³-hybridized carbons (Fsp3) is 0.0625. The predicted molar refractivity (Wildman–Crippen MR) is 85.1 cm³/mol. The van der Waals surface area contributed by atoms with E-state index >= 15 is 0 Å². The molecule has 0 radical (unpaired) electrons. The maximum atomic E-state index is 12.5. The van der Waals surface area contributed by atoms with Gasteiger partial charge in [0.05, 0.1) is 18.4 Å².